The Labute approximate surface area is 248 Å². The van der Waals surface area contributed by atoms with Gasteiger partial charge in [0.1, 0.15) is 47.5 Å². The number of hydrogen-bond acceptors (Lipinski definition) is 8. The highest BCUT2D eigenvalue weighted by atomic mass is 31.2. The monoisotopic (exact) mass is 613 g/mol. The molecule has 0 saturated carbocycles. The van der Waals surface area contributed by atoms with Crippen molar-refractivity contribution in [1.29, 1.82) is 5.26 Å². The molecule has 0 saturated heterocycles. The van der Waals surface area contributed by atoms with Gasteiger partial charge in [-0.25, -0.2) is 4.39 Å². The summed E-state index contributed by atoms with van der Waals surface area (Å²) < 4.78 is 43.1. The normalized spacial score (nSPS) is 15.5. The predicted molar refractivity (Wildman–Crippen MR) is 158 cm³/mol. The van der Waals surface area contributed by atoms with Gasteiger partial charge in [-0.15, -0.1) is 0 Å². The van der Waals surface area contributed by atoms with Crippen LogP contribution < -0.4 is 24.4 Å². The number of halogens is 1. The second kappa shape index (κ2) is 12.2. The molecule has 228 valence electrons. The van der Waals surface area contributed by atoms with Crippen LogP contribution in [0.3, 0.4) is 0 Å². The summed E-state index contributed by atoms with van der Waals surface area (Å²) in [4.78, 5) is 33.9. The molecule has 0 spiro atoms. The van der Waals surface area contributed by atoms with Gasteiger partial charge < -0.3 is 39.3 Å². The zero-order valence-electron chi connectivity index (χ0n) is 24.3. The topological polar surface area (TPSA) is 162 Å². The molecular formula is C30H33FN3O8P. The number of nitriles is 1. The van der Waals surface area contributed by atoms with Crippen molar-refractivity contribution in [2.24, 2.45) is 0 Å². The van der Waals surface area contributed by atoms with Crippen LogP contribution in [0.2, 0.25) is 0 Å². The molecular weight excluding hydrogens is 580 g/mol. The fraction of sp³-hybridized carbons (Fsp3) is 0.333. The van der Waals surface area contributed by atoms with E-state index >= 15 is 0 Å². The summed E-state index contributed by atoms with van der Waals surface area (Å²) in [6.07, 6.45) is -1.93. The van der Waals surface area contributed by atoms with E-state index in [1.54, 1.807) is 50.9 Å². The van der Waals surface area contributed by atoms with Gasteiger partial charge in [-0.3, -0.25) is 9.36 Å². The number of hydrogen-bond donors (Lipinski definition) is 4. The van der Waals surface area contributed by atoms with E-state index in [4.69, 9.17) is 19.5 Å². The number of ether oxygens (including phenoxy) is 3. The Kier molecular flexibility index (Phi) is 9.04. The highest BCUT2D eigenvalue weighted by Gasteiger charge is 2.39. The van der Waals surface area contributed by atoms with E-state index < -0.39 is 37.3 Å². The molecule has 11 nitrogen and oxygen atoms in total. The standard InChI is InChI=1S/C30H33FN3O8P/c1-17-6-7-18(31)12-25(17)42-15-22-20(10-11-23-28(22)34(4)29(36)30(2,3)33-23)21-9-8-19(13-26(21)40-5)41-16-27(24(35)14-32)43(37,38)39/h6-13,24,27,33,35H,15-16H2,1-5H3,(H2,37,38,39). The van der Waals surface area contributed by atoms with Crippen molar-refractivity contribution in [3.05, 3.63) is 65.5 Å². The van der Waals surface area contributed by atoms with Gasteiger partial charge in [-0.1, -0.05) is 12.1 Å². The van der Waals surface area contributed by atoms with Crippen LogP contribution in [0.1, 0.15) is 25.0 Å². The summed E-state index contributed by atoms with van der Waals surface area (Å²) in [5.74, 6) is 0.220. The van der Waals surface area contributed by atoms with Crippen molar-refractivity contribution in [3.8, 4) is 34.4 Å². The number of nitrogens with one attached hydrogen (secondary N) is 1. The quantitative estimate of drug-likeness (QED) is 0.191. The van der Waals surface area contributed by atoms with Crippen LogP contribution >= 0.6 is 7.60 Å². The molecule has 2 atom stereocenters. The van der Waals surface area contributed by atoms with Crippen molar-refractivity contribution in [2.45, 2.75) is 44.7 Å². The first kappa shape index (κ1) is 31.8. The van der Waals surface area contributed by atoms with E-state index in [-0.39, 0.29) is 18.3 Å². The molecule has 4 N–H and O–H groups in total. The molecule has 0 fully saturated rings. The molecule has 1 aliphatic rings. The summed E-state index contributed by atoms with van der Waals surface area (Å²) in [7, 11) is -1.74. The molecule has 0 aromatic heterocycles. The number of likely N-dealkylation sites (N-methyl/N-ethyl adjacent to an activating group) is 1. The Hall–Kier alpha value is -4.14. The third-order valence-corrected chi connectivity index (χ3v) is 8.54. The second-order valence-corrected chi connectivity index (χ2v) is 12.5. The molecule has 4 rings (SSSR count). The Morgan fingerprint density at radius 2 is 1.79 bits per heavy atom. The Balaban J connectivity index is 1.77. The molecule has 0 radical (unpaired) electrons. The lowest BCUT2D eigenvalue weighted by Gasteiger charge is -2.39. The molecule has 0 bridgehead atoms. The predicted octanol–water partition coefficient (Wildman–Crippen LogP) is 4.37. The summed E-state index contributed by atoms with van der Waals surface area (Å²) in [5.41, 5.74) is 1.24. The van der Waals surface area contributed by atoms with Crippen molar-refractivity contribution >= 4 is 24.9 Å². The van der Waals surface area contributed by atoms with Crippen molar-refractivity contribution < 1.29 is 42.9 Å². The number of aliphatic hydroxyl groups is 1. The molecule has 2 unspecified atom stereocenters. The van der Waals surface area contributed by atoms with Gasteiger partial charge >= 0.3 is 7.60 Å². The molecule has 3 aromatic rings. The van der Waals surface area contributed by atoms with Crippen LogP contribution in [0.4, 0.5) is 15.8 Å². The smallest absolute Gasteiger partial charge is 0.335 e. The third-order valence-electron chi connectivity index (χ3n) is 7.24. The Bertz CT molecular complexity index is 1630. The fourth-order valence-electron chi connectivity index (χ4n) is 4.93. The first-order valence-electron chi connectivity index (χ1n) is 13.2. The lowest BCUT2D eigenvalue weighted by atomic mass is 9.91. The van der Waals surface area contributed by atoms with Gasteiger partial charge in [0.05, 0.1) is 24.6 Å². The summed E-state index contributed by atoms with van der Waals surface area (Å²) in [6.45, 7) is 4.71. The molecule has 1 amide bonds. The third kappa shape index (κ3) is 6.60. The largest absolute Gasteiger partial charge is 0.496 e. The van der Waals surface area contributed by atoms with Gasteiger partial charge in [0.25, 0.3) is 5.91 Å². The van der Waals surface area contributed by atoms with E-state index in [1.165, 1.54) is 31.4 Å². The zero-order valence-corrected chi connectivity index (χ0v) is 25.2. The summed E-state index contributed by atoms with van der Waals surface area (Å²) in [5, 5.41) is 22.0. The van der Waals surface area contributed by atoms with Crippen LogP contribution in [0.15, 0.2) is 48.5 Å². The summed E-state index contributed by atoms with van der Waals surface area (Å²) >= 11 is 0. The van der Waals surface area contributed by atoms with Gasteiger partial charge in [0, 0.05) is 30.3 Å². The van der Waals surface area contributed by atoms with Crippen LogP contribution in [0.5, 0.6) is 17.2 Å². The van der Waals surface area contributed by atoms with Crippen molar-refractivity contribution in [1.82, 2.24) is 0 Å². The Morgan fingerprint density at radius 3 is 2.44 bits per heavy atom. The molecule has 3 aromatic carbocycles. The molecule has 43 heavy (non-hydrogen) atoms. The SMILES string of the molecule is COc1cc(OCC(C(O)C#N)P(=O)(O)O)ccc1-c1ccc2c(c1COc1cc(F)ccc1C)N(C)C(=O)C(C)(C)N2. The molecule has 1 heterocycles. The van der Waals surface area contributed by atoms with E-state index in [0.29, 0.717) is 39.6 Å². The Morgan fingerprint density at radius 1 is 1.09 bits per heavy atom. The fourth-order valence-corrected chi connectivity index (χ4v) is 5.64. The number of amides is 1. The van der Waals surface area contributed by atoms with E-state index in [9.17, 15) is 28.6 Å². The van der Waals surface area contributed by atoms with E-state index in [0.717, 1.165) is 5.56 Å². The average molecular weight is 614 g/mol. The van der Waals surface area contributed by atoms with Gasteiger partial charge in [0.2, 0.25) is 0 Å². The second-order valence-electron chi connectivity index (χ2n) is 10.7. The maximum Gasteiger partial charge on any atom is 0.335 e. The van der Waals surface area contributed by atoms with Crippen molar-refractivity contribution in [2.75, 3.05) is 31.0 Å². The maximum absolute atomic E-state index is 14.0. The minimum Gasteiger partial charge on any atom is -0.496 e. The van der Waals surface area contributed by atoms with Crippen LogP contribution in [-0.2, 0) is 16.0 Å². The molecule has 1 aliphatic heterocycles. The lowest BCUT2D eigenvalue weighted by Crippen LogP contribution is -2.52. The summed E-state index contributed by atoms with van der Waals surface area (Å²) in [6, 6.07) is 14.1. The van der Waals surface area contributed by atoms with Crippen LogP contribution in [-0.4, -0.2) is 58.9 Å². The number of nitrogens with zero attached hydrogens (tertiary/aromatic N) is 2. The molecule has 0 aliphatic carbocycles. The zero-order chi connectivity index (χ0) is 31.7. The highest BCUT2D eigenvalue weighted by Crippen LogP contribution is 2.46. The van der Waals surface area contributed by atoms with Crippen LogP contribution in [0, 0.1) is 24.1 Å². The number of aryl methyl sites for hydroxylation is 1. The first-order valence-corrected chi connectivity index (χ1v) is 14.9. The van der Waals surface area contributed by atoms with Gasteiger partial charge in [0.15, 0.2) is 6.10 Å². The number of fused-ring (bicyclic) bond motifs is 1. The van der Waals surface area contributed by atoms with Crippen LogP contribution in [0.25, 0.3) is 11.1 Å². The first-order chi connectivity index (χ1) is 20.2. The highest BCUT2D eigenvalue weighted by molar-refractivity contribution is 7.52. The number of methoxy groups -OCH3 is 1. The minimum absolute atomic E-state index is 0.0278. The number of carbonyl (C=O) groups excluding carboxylic acids is 1. The average Bonchev–Trinajstić information content (AvgIpc) is 2.95. The van der Waals surface area contributed by atoms with Gasteiger partial charge in [-0.05, 0) is 56.2 Å². The number of anilines is 2. The number of carbonyl (C=O) groups is 1. The van der Waals surface area contributed by atoms with E-state index in [2.05, 4.69) is 5.32 Å². The lowest BCUT2D eigenvalue weighted by molar-refractivity contribution is -0.121. The van der Waals surface area contributed by atoms with Crippen molar-refractivity contribution in [3.63, 3.8) is 0 Å². The number of benzene rings is 3. The van der Waals surface area contributed by atoms with E-state index in [1.807, 2.05) is 12.1 Å². The van der Waals surface area contributed by atoms with Gasteiger partial charge in [-0.2, -0.15) is 5.26 Å². The minimum atomic E-state index is -4.84. The maximum atomic E-state index is 14.0. The number of aliphatic hydroxyl groups excluding tert-OH is 1. The number of rotatable bonds is 10. The molecule has 13 heteroatoms.